The summed E-state index contributed by atoms with van der Waals surface area (Å²) < 4.78 is 50.7. The summed E-state index contributed by atoms with van der Waals surface area (Å²) in [6, 6.07) is 1.04. The molecule has 0 aliphatic rings. The van der Waals surface area contributed by atoms with Crippen molar-refractivity contribution in [2.45, 2.75) is 5.75 Å². The van der Waals surface area contributed by atoms with Crippen LogP contribution >= 0.6 is 10.7 Å². The summed E-state index contributed by atoms with van der Waals surface area (Å²) in [4.78, 5) is 0. The van der Waals surface area contributed by atoms with Crippen LogP contribution in [0.4, 0.5) is 4.39 Å². The Labute approximate surface area is 109 Å². The van der Waals surface area contributed by atoms with Crippen LogP contribution in [-0.2, 0) is 14.8 Å². The van der Waals surface area contributed by atoms with Gasteiger partial charge in [0.1, 0.15) is 0 Å². The van der Waals surface area contributed by atoms with Gasteiger partial charge in [-0.25, -0.2) is 12.8 Å². The first-order chi connectivity index (χ1) is 8.34. The van der Waals surface area contributed by atoms with Crippen molar-refractivity contribution in [1.82, 2.24) is 0 Å². The van der Waals surface area contributed by atoms with Gasteiger partial charge in [-0.15, -0.1) is 0 Å². The van der Waals surface area contributed by atoms with Crippen LogP contribution in [0.25, 0.3) is 0 Å². The van der Waals surface area contributed by atoms with Crippen molar-refractivity contribution in [1.29, 1.82) is 0 Å². The fraction of sp³-hybridized carbons (Fsp3) is 0.400. The minimum absolute atomic E-state index is 0.0214. The van der Waals surface area contributed by atoms with E-state index >= 15 is 0 Å². The van der Waals surface area contributed by atoms with Gasteiger partial charge >= 0.3 is 0 Å². The lowest BCUT2D eigenvalue weighted by atomic mass is 10.1. The summed E-state index contributed by atoms with van der Waals surface area (Å²) in [5.41, 5.74) is -0.0214. The highest BCUT2D eigenvalue weighted by Crippen LogP contribution is 2.40. The van der Waals surface area contributed by atoms with Crippen LogP contribution < -0.4 is 14.2 Å². The van der Waals surface area contributed by atoms with E-state index in [1.807, 2.05) is 0 Å². The largest absolute Gasteiger partial charge is 0.493 e. The Balaban J connectivity index is 3.55. The van der Waals surface area contributed by atoms with Crippen LogP contribution in [-0.4, -0.2) is 29.7 Å². The van der Waals surface area contributed by atoms with Crippen molar-refractivity contribution >= 4 is 19.7 Å². The van der Waals surface area contributed by atoms with Crippen molar-refractivity contribution in [3.8, 4) is 17.2 Å². The molecule has 0 amide bonds. The van der Waals surface area contributed by atoms with Crippen molar-refractivity contribution in [3.63, 3.8) is 0 Å². The number of hydrogen-bond acceptors (Lipinski definition) is 5. The molecule has 0 N–H and O–H groups in total. The van der Waals surface area contributed by atoms with Gasteiger partial charge in [0, 0.05) is 16.7 Å². The smallest absolute Gasteiger partial charge is 0.237 e. The average Bonchev–Trinajstić information content (AvgIpc) is 2.26. The minimum Gasteiger partial charge on any atom is -0.493 e. The van der Waals surface area contributed by atoms with Gasteiger partial charge in [-0.3, -0.25) is 0 Å². The van der Waals surface area contributed by atoms with E-state index in [2.05, 4.69) is 0 Å². The fourth-order valence-electron chi connectivity index (χ4n) is 1.54. The maximum atomic E-state index is 13.7. The van der Waals surface area contributed by atoms with Gasteiger partial charge in [0.05, 0.1) is 32.6 Å². The molecular weight excluding hydrogens is 287 g/mol. The van der Waals surface area contributed by atoms with Crippen molar-refractivity contribution in [2.24, 2.45) is 0 Å². The van der Waals surface area contributed by atoms with E-state index in [1.54, 1.807) is 0 Å². The van der Waals surface area contributed by atoms with E-state index in [9.17, 15) is 12.8 Å². The number of methoxy groups -OCH3 is 3. The molecule has 0 spiro atoms. The first-order valence-electron chi connectivity index (χ1n) is 4.73. The number of rotatable bonds is 5. The maximum absolute atomic E-state index is 13.7. The van der Waals surface area contributed by atoms with Gasteiger partial charge < -0.3 is 14.2 Å². The molecule has 8 heteroatoms. The number of ether oxygens (including phenoxy) is 3. The topological polar surface area (TPSA) is 61.8 Å². The molecule has 0 bridgehead atoms. The third-order valence-electron chi connectivity index (χ3n) is 2.19. The molecule has 0 fully saturated rings. The standard InChI is InChI=1S/C10H12ClFO5S/c1-15-8-4-7(12)9(16-2)6(10(8)17-3)5-18(11,13)14/h4H,5H2,1-3H3. The van der Waals surface area contributed by atoms with Crippen molar-refractivity contribution < 1.29 is 27.0 Å². The average molecular weight is 299 g/mol. The molecule has 1 rings (SSSR count). The number of halogens is 2. The lowest BCUT2D eigenvalue weighted by Gasteiger charge is -2.16. The Bertz CT molecular complexity index is 544. The third kappa shape index (κ3) is 3.17. The summed E-state index contributed by atoms with van der Waals surface area (Å²) >= 11 is 0. The highest BCUT2D eigenvalue weighted by molar-refractivity contribution is 8.13. The zero-order chi connectivity index (χ0) is 13.9. The van der Waals surface area contributed by atoms with Crippen molar-refractivity contribution in [2.75, 3.05) is 21.3 Å². The van der Waals surface area contributed by atoms with E-state index in [-0.39, 0.29) is 22.8 Å². The molecule has 1 aromatic rings. The molecule has 0 atom stereocenters. The van der Waals surface area contributed by atoms with Gasteiger partial charge in [-0.1, -0.05) is 0 Å². The zero-order valence-corrected chi connectivity index (χ0v) is 11.6. The second-order valence-electron chi connectivity index (χ2n) is 3.29. The first-order valence-corrected chi connectivity index (χ1v) is 7.21. The Morgan fingerprint density at radius 1 is 1.17 bits per heavy atom. The molecule has 0 aromatic heterocycles. The highest BCUT2D eigenvalue weighted by atomic mass is 35.7. The molecule has 1 aromatic carbocycles. The van der Waals surface area contributed by atoms with Crippen LogP contribution in [0.3, 0.4) is 0 Å². The fourth-order valence-corrected chi connectivity index (χ4v) is 2.48. The molecule has 0 radical (unpaired) electrons. The molecule has 18 heavy (non-hydrogen) atoms. The van der Waals surface area contributed by atoms with Crippen LogP contribution in [0, 0.1) is 5.82 Å². The van der Waals surface area contributed by atoms with E-state index in [0.29, 0.717) is 0 Å². The number of benzene rings is 1. The van der Waals surface area contributed by atoms with Crippen LogP contribution in [0.15, 0.2) is 6.07 Å². The minimum atomic E-state index is -3.89. The molecule has 0 saturated heterocycles. The summed E-state index contributed by atoms with van der Waals surface area (Å²) in [6.45, 7) is 0. The van der Waals surface area contributed by atoms with Crippen LogP contribution in [0.2, 0.25) is 0 Å². The van der Waals surface area contributed by atoms with Crippen LogP contribution in [0.1, 0.15) is 5.56 Å². The van der Waals surface area contributed by atoms with Crippen LogP contribution in [0.5, 0.6) is 17.2 Å². The summed E-state index contributed by atoms with van der Waals surface area (Å²) in [7, 11) is 5.11. The van der Waals surface area contributed by atoms with Gasteiger partial charge in [0.15, 0.2) is 23.1 Å². The normalized spacial score (nSPS) is 11.2. The van der Waals surface area contributed by atoms with E-state index in [0.717, 1.165) is 6.07 Å². The SMILES string of the molecule is COc1cc(F)c(OC)c(CS(=O)(=O)Cl)c1OC. The molecule has 5 nitrogen and oxygen atoms in total. The second-order valence-corrected chi connectivity index (χ2v) is 6.07. The molecule has 0 unspecified atom stereocenters. The Hall–Kier alpha value is -1.21. The van der Waals surface area contributed by atoms with Gasteiger partial charge in [-0.05, 0) is 0 Å². The zero-order valence-electron chi connectivity index (χ0n) is 9.99. The van der Waals surface area contributed by atoms with Gasteiger partial charge in [-0.2, -0.15) is 0 Å². The third-order valence-corrected chi connectivity index (χ3v) is 3.15. The number of hydrogen-bond donors (Lipinski definition) is 0. The lowest BCUT2D eigenvalue weighted by Crippen LogP contribution is -2.05. The lowest BCUT2D eigenvalue weighted by molar-refractivity contribution is 0.335. The van der Waals surface area contributed by atoms with E-state index < -0.39 is 20.6 Å². The molecule has 0 heterocycles. The summed E-state index contributed by atoms with van der Waals surface area (Å²) in [5, 5.41) is 0. The predicted molar refractivity (Wildman–Crippen MR) is 64.5 cm³/mol. The van der Waals surface area contributed by atoms with Gasteiger partial charge in [0.2, 0.25) is 9.05 Å². The molecular formula is C10H12ClFO5S. The first kappa shape index (κ1) is 14.8. The quantitative estimate of drug-likeness (QED) is 0.777. The maximum Gasteiger partial charge on any atom is 0.237 e. The monoisotopic (exact) mass is 298 g/mol. The summed E-state index contributed by atoms with van der Waals surface area (Å²) in [6.07, 6.45) is 0. The Morgan fingerprint density at radius 2 is 1.72 bits per heavy atom. The van der Waals surface area contributed by atoms with Gasteiger partial charge in [0.25, 0.3) is 0 Å². The Morgan fingerprint density at radius 3 is 2.11 bits per heavy atom. The summed E-state index contributed by atoms with van der Waals surface area (Å²) in [5.74, 6) is -1.50. The molecule has 0 saturated carbocycles. The molecule has 0 aliphatic heterocycles. The highest BCUT2D eigenvalue weighted by Gasteiger charge is 2.24. The molecule has 0 aliphatic carbocycles. The van der Waals surface area contributed by atoms with E-state index in [4.69, 9.17) is 24.9 Å². The van der Waals surface area contributed by atoms with E-state index in [1.165, 1.54) is 21.3 Å². The predicted octanol–water partition coefficient (Wildman–Crippen LogP) is 1.92. The van der Waals surface area contributed by atoms with Crippen molar-refractivity contribution in [3.05, 3.63) is 17.4 Å². The molecule has 102 valence electrons. The Kier molecular flexibility index (Phi) is 4.64. The second kappa shape index (κ2) is 5.62.